The lowest BCUT2D eigenvalue weighted by atomic mass is 10.2. The molecule has 0 fully saturated rings. The number of benzene rings is 1. The predicted molar refractivity (Wildman–Crippen MR) is 76.5 cm³/mol. The Balaban J connectivity index is 2.24. The molecule has 0 bridgehead atoms. The zero-order valence-corrected chi connectivity index (χ0v) is 11.3. The highest BCUT2D eigenvalue weighted by Gasteiger charge is 2.16. The van der Waals surface area contributed by atoms with E-state index in [1.807, 2.05) is 37.3 Å². The van der Waals surface area contributed by atoms with E-state index >= 15 is 0 Å². The van der Waals surface area contributed by atoms with Crippen LogP contribution < -0.4 is 4.74 Å². The fraction of sp³-hybridized carbons (Fsp3) is 0.214. The van der Waals surface area contributed by atoms with E-state index in [4.69, 9.17) is 4.74 Å². The van der Waals surface area contributed by atoms with Crippen LogP contribution in [0.1, 0.15) is 18.3 Å². The van der Waals surface area contributed by atoms with E-state index in [0.29, 0.717) is 12.4 Å². The quantitative estimate of drug-likeness (QED) is 0.620. The number of aromatic nitrogens is 2. The van der Waals surface area contributed by atoms with Crippen molar-refractivity contribution < 1.29 is 9.66 Å². The normalized spacial score (nSPS) is 10.9. The molecule has 0 aliphatic rings. The summed E-state index contributed by atoms with van der Waals surface area (Å²) in [6.45, 7) is 2.35. The highest BCUT2D eigenvalue weighted by Crippen LogP contribution is 2.17. The Morgan fingerprint density at radius 3 is 2.60 bits per heavy atom. The highest BCUT2D eigenvalue weighted by atomic mass is 16.6. The van der Waals surface area contributed by atoms with Crippen LogP contribution in [-0.2, 0) is 6.54 Å². The summed E-state index contributed by atoms with van der Waals surface area (Å²) in [7, 11) is 1.61. The summed E-state index contributed by atoms with van der Waals surface area (Å²) in [4.78, 5) is 14.5. The van der Waals surface area contributed by atoms with Crippen molar-refractivity contribution in [2.75, 3.05) is 7.11 Å². The summed E-state index contributed by atoms with van der Waals surface area (Å²) < 4.78 is 6.64. The summed E-state index contributed by atoms with van der Waals surface area (Å²) in [6, 6.07) is 7.52. The molecule has 1 heterocycles. The predicted octanol–water partition coefficient (Wildman–Crippen LogP) is 2.99. The molecule has 1 aromatic heterocycles. The number of methoxy groups -OCH3 is 1. The Morgan fingerprint density at radius 1 is 1.35 bits per heavy atom. The van der Waals surface area contributed by atoms with Crippen molar-refractivity contribution in [2.45, 2.75) is 13.5 Å². The van der Waals surface area contributed by atoms with Gasteiger partial charge in [-0.15, -0.1) is 0 Å². The monoisotopic (exact) mass is 273 g/mol. The average molecular weight is 273 g/mol. The Morgan fingerprint density at radius 2 is 2.05 bits per heavy atom. The van der Waals surface area contributed by atoms with Crippen LogP contribution in [0.4, 0.5) is 5.82 Å². The zero-order valence-electron chi connectivity index (χ0n) is 11.3. The third kappa shape index (κ3) is 2.85. The van der Waals surface area contributed by atoms with Crippen LogP contribution in [0, 0.1) is 10.1 Å². The third-order valence-corrected chi connectivity index (χ3v) is 2.91. The average Bonchev–Trinajstić information content (AvgIpc) is 2.88. The van der Waals surface area contributed by atoms with E-state index in [9.17, 15) is 10.1 Å². The molecule has 0 saturated carbocycles. The Hall–Kier alpha value is -2.63. The van der Waals surface area contributed by atoms with Crippen LogP contribution in [0.25, 0.3) is 12.2 Å². The molecular weight excluding hydrogens is 258 g/mol. The van der Waals surface area contributed by atoms with Gasteiger partial charge in [-0.05, 0) is 35.6 Å². The van der Waals surface area contributed by atoms with Crippen molar-refractivity contribution in [3.63, 3.8) is 0 Å². The summed E-state index contributed by atoms with van der Waals surface area (Å²) >= 11 is 0. The lowest BCUT2D eigenvalue weighted by Gasteiger charge is -1.99. The topological polar surface area (TPSA) is 70.2 Å². The summed E-state index contributed by atoms with van der Waals surface area (Å²) in [6.07, 6.45) is 4.90. The summed E-state index contributed by atoms with van der Waals surface area (Å²) in [5.41, 5.74) is 0.971. The van der Waals surface area contributed by atoms with Crippen LogP contribution in [-0.4, -0.2) is 21.6 Å². The van der Waals surface area contributed by atoms with Gasteiger partial charge < -0.3 is 14.9 Å². The molecule has 104 valence electrons. The minimum atomic E-state index is -0.429. The molecule has 1 aromatic carbocycles. The maximum Gasteiger partial charge on any atom is 0.343 e. The third-order valence-electron chi connectivity index (χ3n) is 2.91. The molecule has 2 aromatic rings. The molecule has 20 heavy (non-hydrogen) atoms. The number of imidazole rings is 1. The molecule has 0 spiro atoms. The van der Waals surface area contributed by atoms with Gasteiger partial charge in [-0.3, -0.25) is 0 Å². The standard InChI is InChI=1S/C14H15N3O3/c1-3-16-13(15-10-14(16)17(18)19)9-6-11-4-7-12(20-2)8-5-11/h4-10H,3H2,1-2H3/b9-6+. The number of hydrogen-bond donors (Lipinski definition) is 0. The number of hydrogen-bond acceptors (Lipinski definition) is 4. The number of nitrogens with zero attached hydrogens (tertiary/aromatic N) is 3. The highest BCUT2D eigenvalue weighted by molar-refractivity contribution is 5.67. The first kappa shape index (κ1) is 13.8. The Kier molecular flexibility index (Phi) is 4.14. The van der Waals surface area contributed by atoms with Gasteiger partial charge in [-0.25, -0.2) is 9.55 Å². The van der Waals surface area contributed by atoms with E-state index in [1.54, 1.807) is 17.8 Å². The molecule has 0 saturated heterocycles. The molecule has 2 rings (SSSR count). The molecule has 0 atom stereocenters. The van der Waals surface area contributed by atoms with Crippen molar-refractivity contribution in [1.82, 2.24) is 9.55 Å². The van der Waals surface area contributed by atoms with E-state index < -0.39 is 4.92 Å². The zero-order chi connectivity index (χ0) is 14.5. The minimum absolute atomic E-state index is 0.00174. The molecule has 0 unspecified atom stereocenters. The van der Waals surface area contributed by atoms with Gasteiger partial charge in [0.2, 0.25) is 5.82 Å². The van der Waals surface area contributed by atoms with Crippen LogP contribution in [0.15, 0.2) is 30.5 Å². The molecule has 6 nitrogen and oxygen atoms in total. The summed E-state index contributed by atoms with van der Waals surface area (Å²) in [5, 5.41) is 10.8. The second-order valence-electron chi connectivity index (χ2n) is 4.08. The SMILES string of the molecule is CCn1c([N+](=O)[O-])cnc1/C=C/c1ccc(OC)cc1. The van der Waals surface area contributed by atoms with E-state index in [0.717, 1.165) is 11.3 Å². The maximum atomic E-state index is 10.8. The Bertz CT molecular complexity index is 630. The first-order chi connectivity index (χ1) is 9.65. The van der Waals surface area contributed by atoms with Crippen molar-refractivity contribution in [1.29, 1.82) is 0 Å². The molecule has 0 radical (unpaired) electrons. The largest absolute Gasteiger partial charge is 0.497 e. The molecule has 0 aliphatic carbocycles. The van der Waals surface area contributed by atoms with Gasteiger partial charge in [0.1, 0.15) is 11.9 Å². The first-order valence-electron chi connectivity index (χ1n) is 6.17. The van der Waals surface area contributed by atoms with E-state index in [2.05, 4.69) is 4.98 Å². The molecule has 6 heteroatoms. The van der Waals surface area contributed by atoms with Gasteiger partial charge in [-0.2, -0.15) is 0 Å². The molecule has 0 amide bonds. The lowest BCUT2D eigenvalue weighted by Crippen LogP contribution is -2.02. The lowest BCUT2D eigenvalue weighted by molar-refractivity contribution is -0.392. The van der Waals surface area contributed by atoms with Crippen LogP contribution in [0.3, 0.4) is 0 Å². The van der Waals surface area contributed by atoms with Crippen molar-refractivity contribution in [3.05, 3.63) is 52.0 Å². The fourth-order valence-electron chi connectivity index (χ4n) is 1.87. The number of rotatable bonds is 5. The van der Waals surface area contributed by atoms with Crippen molar-refractivity contribution in [2.24, 2.45) is 0 Å². The first-order valence-corrected chi connectivity index (χ1v) is 6.17. The van der Waals surface area contributed by atoms with Gasteiger partial charge in [0.25, 0.3) is 0 Å². The maximum absolute atomic E-state index is 10.8. The summed E-state index contributed by atoms with van der Waals surface area (Å²) in [5.74, 6) is 1.35. The van der Waals surface area contributed by atoms with Gasteiger partial charge in [0.15, 0.2) is 0 Å². The van der Waals surface area contributed by atoms with Gasteiger partial charge in [-0.1, -0.05) is 12.1 Å². The van der Waals surface area contributed by atoms with Crippen LogP contribution in [0.2, 0.25) is 0 Å². The van der Waals surface area contributed by atoms with Gasteiger partial charge in [0, 0.05) is 6.08 Å². The second-order valence-corrected chi connectivity index (χ2v) is 4.08. The van der Waals surface area contributed by atoms with Crippen LogP contribution in [0.5, 0.6) is 5.75 Å². The van der Waals surface area contributed by atoms with E-state index in [-0.39, 0.29) is 5.82 Å². The number of ether oxygens (including phenoxy) is 1. The second kappa shape index (κ2) is 6.01. The van der Waals surface area contributed by atoms with Crippen molar-refractivity contribution >= 4 is 18.0 Å². The molecule has 0 aliphatic heterocycles. The molecular formula is C14H15N3O3. The van der Waals surface area contributed by atoms with E-state index in [1.165, 1.54) is 6.20 Å². The van der Waals surface area contributed by atoms with Gasteiger partial charge >= 0.3 is 5.82 Å². The minimum Gasteiger partial charge on any atom is -0.497 e. The smallest absolute Gasteiger partial charge is 0.343 e. The van der Waals surface area contributed by atoms with Crippen molar-refractivity contribution in [3.8, 4) is 5.75 Å². The molecule has 0 N–H and O–H groups in total. The van der Waals surface area contributed by atoms with Crippen LogP contribution >= 0.6 is 0 Å². The Labute approximate surface area is 116 Å². The van der Waals surface area contributed by atoms with Gasteiger partial charge in [0.05, 0.1) is 13.7 Å². The fourth-order valence-corrected chi connectivity index (χ4v) is 1.87. The number of nitro groups is 1.